The topological polar surface area (TPSA) is 70.2 Å². The fourth-order valence-corrected chi connectivity index (χ4v) is 2.13. The van der Waals surface area contributed by atoms with Crippen LogP contribution < -0.4 is 16.0 Å². The Morgan fingerprint density at radius 2 is 1.65 bits per heavy atom. The highest BCUT2D eigenvalue weighted by Crippen LogP contribution is 2.29. The fourth-order valence-electron chi connectivity index (χ4n) is 2.13. The Morgan fingerprint density at radius 3 is 2.35 bits per heavy atom. The molecule has 138 valence electrons. The molecule has 0 radical (unpaired) electrons. The lowest BCUT2D eigenvalue weighted by Crippen LogP contribution is -2.33. The number of rotatable bonds is 6. The van der Waals surface area contributed by atoms with Crippen LogP contribution in [-0.2, 0) is 17.5 Å². The highest BCUT2D eigenvalue weighted by Gasteiger charge is 2.30. The van der Waals surface area contributed by atoms with Crippen LogP contribution in [0.4, 0.5) is 23.7 Å². The van der Waals surface area contributed by atoms with Gasteiger partial charge in [0.2, 0.25) is 5.91 Å². The molecule has 0 bridgehead atoms. The second kappa shape index (κ2) is 8.89. The van der Waals surface area contributed by atoms with Crippen LogP contribution in [0.5, 0.6) is 0 Å². The van der Waals surface area contributed by atoms with Crippen molar-refractivity contribution in [2.24, 2.45) is 0 Å². The molecule has 3 N–H and O–H groups in total. The molecule has 0 spiro atoms. The number of halogens is 3. The van der Waals surface area contributed by atoms with Crippen LogP contribution in [0.25, 0.3) is 0 Å². The average molecular weight is 365 g/mol. The summed E-state index contributed by atoms with van der Waals surface area (Å²) in [6, 6.07) is 13.1. The Morgan fingerprint density at radius 1 is 0.923 bits per heavy atom. The molecule has 0 heterocycles. The lowest BCUT2D eigenvalue weighted by Gasteiger charge is -2.10. The number of anilines is 1. The van der Waals surface area contributed by atoms with Crippen LogP contribution in [0.2, 0.25) is 0 Å². The van der Waals surface area contributed by atoms with Crippen LogP contribution in [-0.4, -0.2) is 18.5 Å². The standard InChI is InChI=1S/C18H18F3N3O2/c19-18(20,21)14-6-4-5-13(11-14)12-23-16(25)9-10-22-17(26)24-15-7-2-1-3-8-15/h1-8,11H,9-10,12H2,(H,23,25)(H2,22,24,26). The van der Waals surface area contributed by atoms with Gasteiger partial charge in [-0.05, 0) is 29.8 Å². The molecule has 2 rings (SSSR count). The number of hydrogen-bond acceptors (Lipinski definition) is 2. The van der Waals surface area contributed by atoms with Crippen molar-refractivity contribution >= 4 is 17.6 Å². The van der Waals surface area contributed by atoms with E-state index in [0.717, 1.165) is 12.1 Å². The van der Waals surface area contributed by atoms with Gasteiger partial charge in [-0.25, -0.2) is 4.79 Å². The van der Waals surface area contributed by atoms with Crippen molar-refractivity contribution in [3.63, 3.8) is 0 Å². The number of urea groups is 1. The number of benzene rings is 2. The first-order valence-electron chi connectivity index (χ1n) is 7.87. The van der Waals surface area contributed by atoms with E-state index in [0.29, 0.717) is 11.3 Å². The van der Waals surface area contributed by atoms with Crippen molar-refractivity contribution in [2.75, 3.05) is 11.9 Å². The molecule has 0 unspecified atom stereocenters. The van der Waals surface area contributed by atoms with Gasteiger partial charge in [0.15, 0.2) is 0 Å². The molecule has 8 heteroatoms. The minimum atomic E-state index is -4.42. The van der Waals surface area contributed by atoms with Gasteiger partial charge >= 0.3 is 12.2 Å². The van der Waals surface area contributed by atoms with Gasteiger partial charge < -0.3 is 16.0 Å². The smallest absolute Gasteiger partial charge is 0.352 e. The summed E-state index contributed by atoms with van der Waals surface area (Å²) < 4.78 is 37.9. The molecule has 0 atom stereocenters. The van der Waals surface area contributed by atoms with Gasteiger partial charge in [0.1, 0.15) is 0 Å². The number of carbonyl (C=O) groups excluding carboxylic acids is 2. The Hall–Kier alpha value is -3.03. The van der Waals surface area contributed by atoms with E-state index in [-0.39, 0.29) is 25.4 Å². The maximum absolute atomic E-state index is 12.6. The summed E-state index contributed by atoms with van der Waals surface area (Å²) in [7, 11) is 0. The third-order valence-corrected chi connectivity index (χ3v) is 3.41. The summed E-state index contributed by atoms with van der Waals surface area (Å²) in [5.74, 6) is -0.373. The van der Waals surface area contributed by atoms with Gasteiger partial charge in [-0.2, -0.15) is 13.2 Å². The van der Waals surface area contributed by atoms with Crippen molar-refractivity contribution < 1.29 is 22.8 Å². The SMILES string of the molecule is O=C(CCNC(=O)Nc1ccccc1)NCc1cccc(C(F)(F)F)c1. The number of nitrogens with one attached hydrogen (secondary N) is 3. The van der Waals surface area contributed by atoms with Gasteiger partial charge in [-0.1, -0.05) is 30.3 Å². The fraction of sp³-hybridized carbons (Fsp3) is 0.222. The molecule has 0 saturated heterocycles. The molecular weight excluding hydrogens is 347 g/mol. The minimum absolute atomic E-state index is 0.0149. The first-order valence-corrected chi connectivity index (χ1v) is 7.87. The molecule has 0 fully saturated rings. The van der Waals surface area contributed by atoms with Crippen LogP contribution in [0.15, 0.2) is 54.6 Å². The van der Waals surface area contributed by atoms with Gasteiger partial charge in [-0.3, -0.25) is 4.79 Å². The molecule has 0 saturated carbocycles. The van der Waals surface area contributed by atoms with E-state index in [2.05, 4.69) is 16.0 Å². The highest BCUT2D eigenvalue weighted by molar-refractivity contribution is 5.89. The normalized spacial score (nSPS) is 10.9. The van der Waals surface area contributed by atoms with Crippen LogP contribution in [0.3, 0.4) is 0 Å². The van der Waals surface area contributed by atoms with E-state index in [9.17, 15) is 22.8 Å². The third kappa shape index (κ3) is 6.46. The molecule has 2 aromatic rings. The second-order valence-corrected chi connectivity index (χ2v) is 5.47. The van der Waals surface area contributed by atoms with E-state index in [1.807, 2.05) is 6.07 Å². The van der Waals surface area contributed by atoms with E-state index in [1.165, 1.54) is 12.1 Å². The summed E-state index contributed by atoms with van der Waals surface area (Å²) in [5.41, 5.74) is 0.213. The van der Waals surface area contributed by atoms with E-state index in [4.69, 9.17) is 0 Å². The van der Waals surface area contributed by atoms with Gasteiger partial charge in [0.05, 0.1) is 5.56 Å². The van der Waals surface area contributed by atoms with E-state index >= 15 is 0 Å². The Kier molecular flexibility index (Phi) is 6.60. The van der Waals surface area contributed by atoms with Crippen LogP contribution in [0, 0.1) is 0 Å². The zero-order chi connectivity index (χ0) is 19.0. The second-order valence-electron chi connectivity index (χ2n) is 5.47. The molecule has 5 nitrogen and oxygen atoms in total. The molecular formula is C18H18F3N3O2. The molecule has 2 aromatic carbocycles. The lowest BCUT2D eigenvalue weighted by molar-refractivity contribution is -0.137. The largest absolute Gasteiger partial charge is 0.416 e. The summed E-state index contributed by atoms with van der Waals surface area (Å²) >= 11 is 0. The highest BCUT2D eigenvalue weighted by atomic mass is 19.4. The Balaban J connectivity index is 1.70. The van der Waals surface area contributed by atoms with Crippen molar-refractivity contribution in [1.82, 2.24) is 10.6 Å². The van der Waals surface area contributed by atoms with Gasteiger partial charge in [-0.15, -0.1) is 0 Å². The number of alkyl halides is 3. The van der Waals surface area contributed by atoms with Crippen molar-refractivity contribution in [3.05, 3.63) is 65.7 Å². The van der Waals surface area contributed by atoms with E-state index in [1.54, 1.807) is 24.3 Å². The zero-order valence-electron chi connectivity index (χ0n) is 13.8. The van der Waals surface area contributed by atoms with Crippen molar-refractivity contribution in [3.8, 4) is 0 Å². The molecule has 3 amide bonds. The third-order valence-electron chi connectivity index (χ3n) is 3.41. The molecule has 26 heavy (non-hydrogen) atoms. The monoisotopic (exact) mass is 365 g/mol. The van der Waals surface area contributed by atoms with Crippen molar-refractivity contribution in [2.45, 2.75) is 19.1 Å². The summed E-state index contributed by atoms with van der Waals surface area (Å²) in [4.78, 5) is 23.4. The predicted octanol–water partition coefficient (Wildman–Crippen LogP) is 3.53. The first-order chi connectivity index (χ1) is 12.3. The Bertz CT molecular complexity index is 749. The number of amides is 3. The summed E-state index contributed by atoms with van der Waals surface area (Å²) in [6.07, 6.45) is -4.41. The molecule has 0 aromatic heterocycles. The van der Waals surface area contributed by atoms with Crippen molar-refractivity contribution in [1.29, 1.82) is 0 Å². The molecule has 0 aliphatic rings. The van der Waals surface area contributed by atoms with E-state index < -0.39 is 17.8 Å². The average Bonchev–Trinajstić information content (AvgIpc) is 2.60. The first kappa shape index (κ1) is 19.3. The van der Waals surface area contributed by atoms with Gasteiger partial charge in [0.25, 0.3) is 0 Å². The maximum Gasteiger partial charge on any atom is 0.416 e. The Labute approximate surface area is 148 Å². The van der Waals surface area contributed by atoms with Gasteiger partial charge in [0, 0.05) is 25.2 Å². The minimum Gasteiger partial charge on any atom is -0.352 e. The summed E-state index contributed by atoms with van der Waals surface area (Å²) in [6.45, 7) is 0.0893. The number of carbonyl (C=O) groups is 2. The van der Waals surface area contributed by atoms with Crippen LogP contribution >= 0.6 is 0 Å². The zero-order valence-corrected chi connectivity index (χ0v) is 13.8. The number of hydrogen-bond donors (Lipinski definition) is 3. The lowest BCUT2D eigenvalue weighted by atomic mass is 10.1. The quantitative estimate of drug-likeness (QED) is 0.733. The maximum atomic E-state index is 12.6. The molecule has 0 aliphatic heterocycles. The number of para-hydroxylation sites is 1. The molecule has 0 aliphatic carbocycles. The summed E-state index contributed by atoms with van der Waals surface area (Å²) in [5, 5.41) is 7.66. The predicted molar refractivity (Wildman–Crippen MR) is 91.4 cm³/mol. The van der Waals surface area contributed by atoms with Crippen LogP contribution in [0.1, 0.15) is 17.5 Å².